The maximum absolute atomic E-state index is 14.0. The number of nitrogens with one attached hydrogen (secondary N) is 1. The Balaban J connectivity index is 1.83. The minimum absolute atomic E-state index is 0.00293. The van der Waals surface area contributed by atoms with E-state index in [-0.39, 0.29) is 30.1 Å². The van der Waals surface area contributed by atoms with Gasteiger partial charge >= 0.3 is 0 Å². The van der Waals surface area contributed by atoms with Gasteiger partial charge in [0.15, 0.2) is 0 Å². The summed E-state index contributed by atoms with van der Waals surface area (Å²) in [7, 11) is 0. The number of hydrogen-bond acceptors (Lipinski definition) is 3. The normalized spacial score (nSPS) is 20.9. The molecule has 6 heteroatoms. The summed E-state index contributed by atoms with van der Waals surface area (Å²) in [5.41, 5.74) is 1.21. The Morgan fingerprint density at radius 2 is 2.04 bits per heavy atom. The minimum atomic E-state index is -0.433. The standard InChI is InChI=1S/C19H19FN2O2S/c20-13-7-8-15-14(10-13)18(16-6-3-9-25-16)22(11-17(23)21-15)19(24)12-4-1-2-5-12/h3,6-10,12,18H,1-2,4-5,11H2,(H,21,23). The summed E-state index contributed by atoms with van der Waals surface area (Å²) in [6, 6.07) is 7.76. The first-order valence-corrected chi connectivity index (χ1v) is 9.44. The first kappa shape index (κ1) is 16.3. The minimum Gasteiger partial charge on any atom is -0.324 e. The van der Waals surface area contributed by atoms with E-state index in [0.29, 0.717) is 11.3 Å². The van der Waals surface area contributed by atoms with E-state index in [1.165, 1.54) is 23.5 Å². The molecule has 1 fully saturated rings. The molecule has 2 aromatic rings. The summed E-state index contributed by atoms with van der Waals surface area (Å²) in [6.45, 7) is -0.00575. The molecule has 1 aromatic heterocycles. The molecule has 2 aliphatic rings. The number of nitrogens with zero attached hydrogens (tertiary/aromatic N) is 1. The van der Waals surface area contributed by atoms with Crippen LogP contribution in [0.1, 0.15) is 42.2 Å². The quantitative estimate of drug-likeness (QED) is 0.884. The van der Waals surface area contributed by atoms with E-state index in [9.17, 15) is 14.0 Å². The SMILES string of the molecule is O=C1CN(C(=O)C2CCCC2)C(c2cccs2)c2cc(F)ccc2N1. The molecule has 1 aliphatic carbocycles. The maximum atomic E-state index is 14.0. The highest BCUT2D eigenvalue weighted by atomic mass is 32.1. The van der Waals surface area contributed by atoms with Crippen LogP contribution in [0.25, 0.3) is 0 Å². The molecule has 0 radical (unpaired) electrons. The molecule has 4 nitrogen and oxygen atoms in total. The molecule has 1 atom stereocenters. The Kier molecular flexibility index (Phi) is 4.29. The molecule has 1 aromatic carbocycles. The highest BCUT2D eigenvalue weighted by Crippen LogP contribution is 2.40. The van der Waals surface area contributed by atoms with Crippen LogP contribution in [0.4, 0.5) is 10.1 Å². The molecule has 1 saturated carbocycles. The Morgan fingerprint density at radius 1 is 1.24 bits per heavy atom. The number of anilines is 1. The topological polar surface area (TPSA) is 49.4 Å². The van der Waals surface area contributed by atoms with Gasteiger partial charge in [0.2, 0.25) is 11.8 Å². The lowest BCUT2D eigenvalue weighted by Gasteiger charge is -2.31. The van der Waals surface area contributed by atoms with E-state index >= 15 is 0 Å². The van der Waals surface area contributed by atoms with E-state index in [4.69, 9.17) is 0 Å². The van der Waals surface area contributed by atoms with Crippen molar-refractivity contribution in [3.8, 4) is 0 Å². The molecule has 0 saturated heterocycles. The summed E-state index contributed by atoms with van der Waals surface area (Å²) in [4.78, 5) is 28.1. The second-order valence-corrected chi connectivity index (χ2v) is 7.62. The molecule has 2 heterocycles. The lowest BCUT2D eigenvalue weighted by molar-refractivity contribution is -0.139. The van der Waals surface area contributed by atoms with Gasteiger partial charge in [0.1, 0.15) is 12.4 Å². The number of fused-ring (bicyclic) bond motifs is 1. The van der Waals surface area contributed by atoms with Gasteiger partial charge in [0, 0.05) is 22.0 Å². The van der Waals surface area contributed by atoms with Gasteiger partial charge in [-0.2, -0.15) is 0 Å². The third kappa shape index (κ3) is 3.06. The largest absolute Gasteiger partial charge is 0.324 e. The van der Waals surface area contributed by atoms with Gasteiger partial charge < -0.3 is 10.2 Å². The first-order valence-electron chi connectivity index (χ1n) is 8.56. The lowest BCUT2D eigenvalue weighted by Crippen LogP contribution is -2.41. The van der Waals surface area contributed by atoms with Gasteiger partial charge in [-0.25, -0.2) is 4.39 Å². The van der Waals surface area contributed by atoms with Crippen molar-refractivity contribution in [2.24, 2.45) is 5.92 Å². The molecular formula is C19H19FN2O2S. The van der Waals surface area contributed by atoms with Gasteiger partial charge in [-0.3, -0.25) is 9.59 Å². The van der Waals surface area contributed by atoms with Gasteiger partial charge in [0.05, 0.1) is 6.04 Å². The second-order valence-electron chi connectivity index (χ2n) is 6.65. The van der Waals surface area contributed by atoms with E-state index in [2.05, 4.69) is 5.32 Å². The number of amides is 2. The third-order valence-corrected chi connectivity index (χ3v) is 5.93. The maximum Gasteiger partial charge on any atom is 0.244 e. The Morgan fingerprint density at radius 3 is 2.76 bits per heavy atom. The number of thiophene rings is 1. The van der Waals surface area contributed by atoms with Crippen LogP contribution in [0.3, 0.4) is 0 Å². The first-order chi connectivity index (χ1) is 12.1. The zero-order chi connectivity index (χ0) is 17.4. The Bertz CT molecular complexity index is 800. The lowest BCUT2D eigenvalue weighted by atomic mass is 9.99. The van der Waals surface area contributed by atoms with Crippen LogP contribution in [-0.2, 0) is 9.59 Å². The second kappa shape index (κ2) is 6.59. The van der Waals surface area contributed by atoms with Gasteiger partial charge in [-0.1, -0.05) is 18.9 Å². The van der Waals surface area contributed by atoms with Crippen molar-refractivity contribution in [3.63, 3.8) is 0 Å². The van der Waals surface area contributed by atoms with Crippen LogP contribution in [0.2, 0.25) is 0 Å². The van der Waals surface area contributed by atoms with Gasteiger partial charge in [-0.15, -0.1) is 11.3 Å². The number of hydrogen-bond donors (Lipinski definition) is 1. The molecule has 25 heavy (non-hydrogen) atoms. The zero-order valence-corrected chi connectivity index (χ0v) is 14.5. The molecule has 130 valence electrons. The predicted octanol–water partition coefficient (Wildman–Crippen LogP) is 3.95. The van der Waals surface area contributed by atoms with Crippen molar-refractivity contribution >= 4 is 28.8 Å². The predicted molar refractivity (Wildman–Crippen MR) is 94.9 cm³/mol. The number of carbonyl (C=O) groups is 2. The van der Waals surface area contributed by atoms with Gasteiger partial charge in [0.25, 0.3) is 0 Å². The van der Waals surface area contributed by atoms with Crippen molar-refractivity contribution in [2.75, 3.05) is 11.9 Å². The van der Waals surface area contributed by atoms with E-state index < -0.39 is 6.04 Å². The summed E-state index contributed by atoms with van der Waals surface area (Å²) in [5.74, 6) is -0.642. The number of carbonyl (C=O) groups excluding carboxylic acids is 2. The molecule has 0 spiro atoms. The summed E-state index contributed by atoms with van der Waals surface area (Å²) in [6.07, 6.45) is 3.82. The number of rotatable bonds is 2. The molecular weight excluding hydrogens is 339 g/mol. The fourth-order valence-electron chi connectivity index (χ4n) is 3.84. The van der Waals surface area contributed by atoms with Crippen molar-refractivity contribution in [3.05, 3.63) is 52.0 Å². The average molecular weight is 358 g/mol. The monoisotopic (exact) mass is 358 g/mol. The smallest absolute Gasteiger partial charge is 0.244 e. The van der Waals surface area contributed by atoms with Crippen molar-refractivity contribution in [1.29, 1.82) is 0 Å². The fourth-order valence-corrected chi connectivity index (χ4v) is 4.70. The highest BCUT2D eigenvalue weighted by molar-refractivity contribution is 7.10. The van der Waals surface area contributed by atoms with E-state index in [1.54, 1.807) is 11.0 Å². The van der Waals surface area contributed by atoms with E-state index in [1.807, 2.05) is 17.5 Å². The fraction of sp³-hybridized carbons (Fsp3) is 0.368. The van der Waals surface area contributed by atoms with Crippen molar-refractivity contribution in [1.82, 2.24) is 4.90 Å². The Hall–Kier alpha value is -2.21. The van der Waals surface area contributed by atoms with Crippen LogP contribution in [0, 0.1) is 11.7 Å². The Labute approximate surface area is 149 Å². The summed E-state index contributed by atoms with van der Waals surface area (Å²) in [5, 5.41) is 4.76. The highest BCUT2D eigenvalue weighted by Gasteiger charge is 2.37. The van der Waals surface area contributed by atoms with Crippen molar-refractivity contribution in [2.45, 2.75) is 31.7 Å². The zero-order valence-electron chi connectivity index (χ0n) is 13.7. The molecule has 0 bridgehead atoms. The van der Waals surface area contributed by atoms with E-state index in [0.717, 1.165) is 30.6 Å². The van der Waals surface area contributed by atoms with Crippen LogP contribution in [0.5, 0.6) is 0 Å². The van der Waals surface area contributed by atoms with Crippen LogP contribution in [0.15, 0.2) is 35.7 Å². The summed E-state index contributed by atoms with van der Waals surface area (Å²) >= 11 is 1.52. The molecule has 1 aliphatic heterocycles. The molecule has 4 rings (SSSR count). The third-order valence-electron chi connectivity index (χ3n) is 5.01. The van der Waals surface area contributed by atoms with Crippen LogP contribution < -0.4 is 5.32 Å². The average Bonchev–Trinajstić information content (AvgIpc) is 3.27. The summed E-state index contributed by atoms with van der Waals surface area (Å²) < 4.78 is 14.0. The number of benzene rings is 1. The van der Waals surface area contributed by atoms with Gasteiger partial charge in [-0.05, 0) is 42.5 Å². The molecule has 2 amide bonds. The van der Waals surface area contributed by atoms with Crippen LogP contribution in [-0.4, -0.2) is 23.3 Å². The molecule has 1 unspecified atom stereocenters. The van der Waals surface area contributed by atoms with Crippen molar-refractivity contribution < 1.29 is 14.0 Å². The number of halogens is 1. The van der Waals surface area contributed by atoms with Crippen LogP contribution >= 0.6 is 11.3 Å². The molecule has 1 N–H and O–H groups in total.